The van der Waals surface area contributed by atoms with Gasteiger partial charge in [0.1, 0.15) is 17.0 Å². The topological polar surface area (TPSA) is 89.8 Å². The lowest BCUT2D eigenvalue weighted by Crippen LogP contribution is -2.67. The molecule has 0 radical (unpaired) electrons. The molecule has 5 rings (SSSR count). The first-order valence-corrected chi connectivity index (χ1v) is 14.4. The third-order valence-corrected chi connectivity index (χ3v) is 8.08. The van der Waals surface area contributed by atoms with Crippen molar-refractivity contribution < 1.29 is 14.3 Å². The minimum Gasteiger partial charge on any atom is -0.497 e. The summed E-state index contributed by atoms with van der Waals surface area (Å²) >= 11 is 0. The average molecular weight is 560 g/mol. The second-order valence-corrected chi connectivity index (χ2v) is 12.2. The molecule has 1 aliphatic heterocycles. The molecular formula is C32H41N5O4. The summed E-state index contributed by atoms with van der Waals surface area (Å²) in [6.45, 7) is 15.2. The van der Waals surface area contributed by atoms with E-state index in [4.69, 9.17) is 19.4 Å². The quantitative estimate of drug-likeness (QED) is 0.357. The van der Waals surface area contributed by atoms with E-state index < -0.39 is 5.60 Å². The Kier molecular flexibility index (Phi) is 7.81. The Morgan fingerprint density at radius 1 is 1.17 bits per heavy atom. The first kappa shape index (κ1) is 28.6. The van der Waals surface area contributed by atoms with Crippen LogP contribution >= 0.6 is 0 Å². The maximum absolute atomic E-state index is 14.4. The van der Waals surface area contributed by atoms with Crippen molar-refractivity contribution in [1.29, 1.82) is 0 Å². The summed E-state index contributed by atoms with van der Waals surface area (Å²) in [6.07, 6.45) is 5.80. The van der Waals surface area contributed by atoms with Gasteiger partial charge in [-0.05, 0) is 64.7 Å². The molecule has 218 valence electrons. The molecule has 1 saturated heterocycles. The van der Waals surface area contributed by atoms with E-state index in [-0.39, 0.29) is 29.5 Å². The monoisotopic (exact) mass is 559 g/mol. The largest absolute Gasteiger partial charge is 0.497 e. The Labute approximate surface area is 241 Å². The SMILES string of the molecule is C=CCC(C)c1c(N2CCN(C(=O)OC(C)(C)C)[C@H]3CC[C@@H]32)c(=O)c2nc(C)cnc2n1Cc1ccc(OC)cc1. The number of rotatable bonds is 7. The van der Waals surface area contributed by atoms with Gasteiger partial charge < -0.3 is 23.8 Å². The highest BCUT2D eigenvalue weighted by Crippen LogP contribution is 2.40. The molecule has 3 aromatic rings. The number of hydrogen-bond donors (Lipinski definition) is 0. The highest BCUT2D eigenvalue weighted by Gasteiger charge is 2.47. The number of anilines is 1. The van der Waals surface area contributed by atoms with Crippen molar-refractivity contribution in [1.82, 2.24) is 19.4 Å². The maximum atomic E-state index is 14.4. The van der Waals surface area contributed by atoms with E-state index in [0.717, 1.165) is 29.8 Å². The Bertz CT molecular complexity index is 1510. The molecule has 3 atom stereocenters. The fourth-order valence-corrected chi connectivity index (χ4v) is 6.07. The zero-order chi connectivity index (χ0) is 29.5. The van der Waals surface area contributed by atoms with Gasteiger partial charge in [0.25, 0.3) is 0 Å². The van der Waals surface area contributed by atoms with Crippen LogP contribution < -0.4 is 15.1 Å². The van der Waals surface area contributed by atoms with Crippen molar-refractivity contribution >= 4 is 22.9 Å². The molecule has 1 aromatic carbocycles. The number of nitrogens with zero attached hydrogens (tertiary/aromatic N) is 5. The van der Waals surface area contributed by atoms with Crippen molar-refractivity contribution in [2.45, 2.75) is 84.0 Å². The van der Waals surface area contributed by atoms with Gasteiger partial charge in [-0.25, -0.2) is 14.8 Å². The van der Waals surface area contributed by atoms with Crippen LogP contribution in [0.15, 0.2) is 47.9 Å². The Hall–Kier alpha value is -3.88. The summed E-state index contributed by atoms with van der Waals surface area (Å²) in [5.74, 6) is 0.789. The lowest BCUT2D eigenvalue weighted by Gasteiger charge is -2.54. The number of carbonyl (C=O) groups is 1. The smallest absolute Gasteiger partial charge is 0.410 e. The van der Waals surface area contributed by atoms with Crippen LogP contribution in [0.1, 0.15) is 69.8 Å². The van der Waals surface area contributed by atoms with Crippen molar-refractivity contribution in [3.63, 3.8) is 0 Å². The first-order valence-electron chi connectivity index (χ1n) is 14.4. The molecule has 1 unspecified atom stereocenters. The molecule has 3 heterocycles. The highest BCUT2D eigenvalue weighted by atomic mass is 16.6. The molecular weight excluding hydrogens is 518 g/mol. The Morgan fingerprint density at radius 3 is 2.49 bits per heavy atom. The van der Waals surface area contributed by atoms with Gasteiger partial charge in [-0.3, -0.25) is 4.79 Å². The van der Waals surface area contributed by atoms with E-state index in [1.807, 2.05) is 62.9 Å². The van der Waals surface area contributed by atoms with Gasteiger partial charge in [-0.1, -0.05) is 25.1 Å². The first-order chi connectivity index (χ1) is 19.5. The number of pyridine rings is 1. The normalized spacial score (nSPS) is 19.4. The van der Waals surface area contributed by atoms with E-state index in [2.05, 4.69) is 23.0 Å². The van der Waals surface area contributed by atoms with E-state index in [1.165, 1.54) is 0 Å². The van der Waals surface area contributed by atoms with Gasteiger partial charge in [0.05, 0.1) is 30.7 Å². The second-order valence-electron chi connectivity index (χ2n) is 12.2. The van der Waals surface area contributed by atoms with Gasteiger partial charge >= 0.3 is 6.09 Å². The van der Waals surface area contributed by atoms with Crippen LogP contribution in [0, 0.1) is 6.92 Å². The summed E-state index contributed by atoms with van der Waals surface area (Å²) in [6, 6.07) is 7.98. The molecule has 9 heteroatoms. The number of hydrogen-bond acceptors (Lipinski definition) is 7. The number of ether oxygens (including phenoxy) is 2. The fourth-order valence-electron chi connectivity index (χ4n) is 6.07. The minimum atomic E-state index is -0.565. The lowest BCUT2D eigenvalue weighted by molar-refractivity contribution is -0.00451. The Morgan fingerprint density at radius 2 is 1.88 bits per heavy atom. The predicted octanol–water partition coefficient (Wildman–Crippen LogP) is 5.42. The van der Waals surface area contributed by atoms with Crippen molar-refractivity contribution in [2.75, 3.05) is 25.1 Å². The molecule has 2 aliphatic rings. The van der Waals surface area contributed by atoms with Crippen molar-refractivity contribution in [3.05, 3.63) is 70.3 Å². The van der Waals surface area contributed by atoms with Crippen LogP contribution in [-0.4, -0.2) is 63.4 Å². The molecule has 0 N–H and O–H groups in total. The van der Waals surface area contributed by atoms with Crippen LogP contribution in [0.2, 0.25) is 0 Å². The number of aromatic nitrogens is 3. The third-order valence-electron chi connectivity index (χ3n) is 8.08. The zero-order valence-corrected chi connectivity index (χ0v) is 25.0. The van der Waals surface area contributed by atoms with Gasteiger partial charge in [-0.15, -0.1) is 6.58 Å². The van der Waals surface area contributed by atoms with Crippen LogP contribution in [0.25, 0.3) is 11.2 Å². The number of allylic oxidation sites excluding steroid dienone is 1. The Balaban J connectivity index is 1.65. The number of fused-ring (bicyclic) bond motifs is 2. The van der Waals surface area contributed by atoms with Crippen LogP contribution in [-0.2, 0) is 11.3 Å². The number of piperazine rings is 1. The molecule has 41 heavy (non-hydrogen) atoms. The zero-order valence-electron chi connectivity index (χ0n) is 25.0. The van der Waals surface area contributed by atoms with Crippen molar-refractivity contribution in [2.24, 2.45) is 0 Å². The molecule has 2 fully saturated rings. The van der Waals surface area contributed by atoms with Crippen LogP contribution in [0.4, 0.5) is 10.5 Å². The fraction of sp³-hybridized carbons (Fsp3) is 0.500. The predicted molar refractivity (Wildman–Crippen MR) is 161 cm³/mol. The summed E-state index contributed by atoms with van der Waals surface area (Å²) in [4.78, 5) is 41.0. The number of carbonyl (C=O) groups excluding carboxylic acids is 1. The van der Waals surface area contributed by atoms with Crippen LogP contribution in [0.3, 0.4) is 0 Å². The molecule has 0 bridgehead atoms. The average Bonchev–Trinajstić information content (AvgIpc) is 2.90. The highest BCUT2D eigenvalue weighted by molar-refractivity contribution is 5.78. The molecule has 1 amide bonds. The molecule has 1 aliphatic carbocycles. The van der Waals surface area contributed by atoms with Gasteiger partial charge in [0.2, 0.25) is 5.43 Å². The summed E-state index contributed by atoms with van der Waals surface area (Å²) in [5.41, 5.74) is 3.62. The van der Waals surface area contributed by atoms with E-state index >= 15 is 0 Å². The minimum absolute atomic E-state index is 0.00311. The number of benzene rings is 1. The van der Waals surface area contributed by atoms with Gasteiger partial charge in [0.15, 0.2) is 11.2 Å². The van der Waals surface area contributed by atoms with E-state index in [9.17, 15) is 9.59 Å². The maximum Gasteiger partial charge on any atom is 0.410 e. The number of amides is 1. The van der Waals surface area contributed by atoms with Crippen LogP contribution in [0.5, 0.6) is 5.75 Å². The standard InChI is InChI=1S/C32H41N5O4/c1-8-9-20(2)27-28(35-16-17-36(25-15-14-24(25)35)31(39)41-32(4,5)6)29(38)26-30(33-18-21(3)34-26)37(27)19-22-10-12-23(40-7)13-11-22/h8,10-13,18,20,24-25H,1,9,14-17,19H2,2-7H3/t20?,24-,25-/m0/s1. The molecule has 9 nitrogen and oxygen atoms in total. The van der Waals surface area contributed by atoms with Gasteiger partial charge in [0, 0.05) is 31.6 Å². The molecule has 0 spiro atoms. The number of aryl methyl sites for hydroxylation is 1. The summed E-state index contributed by atoms with van der Waals surface area (Å²) in [5, 5.41) is 0. The summed E-state index contributed by atoms with van der Waals surface area (Å²) < 4.78 is 13.2. The van der Waals surface area contributed by atoms with E-state index in [1.54, 1.807) is 13.3 Å². The number of methoxy groups -OCH3 is 1. The van der Waals surface area contributed by atoms with Gasteiger partial charge in [-0.2, -0.15) is 0 Å². The van der Waals surface area contributed by atoms with E-state index in [0.29, 0.717) is 48.6 Å². The molecule has 2 aromatic heterocycles. The third kappa shape index (κ3) is 5.54. The summed E-state index contributed by atoms with van der Waals surface area (Å²) in [7, 11) is 1.65. The van der Waals surface area contributed by atoms with Crippen molar-refractivity contribution in [3.8, 4) is 5.75 Å². The lowest BCUT2D eigenvalue weighted by atomic mass is 9.81. The second kappa shape index (κ2) is 11.2. The molecule has 1 saturated carbocycles.